The van der Waals surface area contributed by atoms with E-state index in [1.165, 1.54) is 19.2 Å². The van der Waals surface area contributed by atoms with Crippen LogP contribution in [0.1, 0.15) is 17.2 Å². The second-order valence-electron chi connectivity index (χ2n) is 4.07. The Balaban J connectivity index is 2.57. The maximum Gasteiger partial charge on any atom is 0.133 e. The molecule has 2 aromatic carbocycles. The monoisotopic (exact) mass is 362 g/mol. The highest BCUT2D eigenvalue weighted by molar-refractivity contribution is 9.10. The molecule has 0 bridgehead atoms. The zero-order valence-corrected chi connectivity index (χ0v) is 12.7. The first-order chi connectivity index (χ1) is 9.43. The van der Waals surface area contributed by atoms with E-state index in [-0.39, 0.29) is 10.0 Å². The fraction of sp³-hybridized carbons (Fsp3) is 0.143. The first-order valence-electron chi connectivity index (χ1n) is 5.60. The zero-order valence-electron chi connectivity index (χ0n) is 10.3. The third kappa shape index (κ3) is 2.95. The summed E-state index contributed by atoms with van der Waals surface area (Å²) in [7, 11) is 1.40. The Bertz CT molecular complexity index is 626. The van der Waals surface area contributed by atoms with E-state index in [1.54, 1.807) is 6.07 Å². The van der Waals surface area contributed by atoms with Gasteiger partial charge in [0, 0.05) is 15.1 Å². The molecule has 0 aliphatic carbocycles. The molecular weight excluding hydrogens is 354 g/mol. The van der Waals surface area contributed by atoms with E-state index in [0.29, 0.717) is 10.8 Å². The van der Waals surface area contributed by atoms with Gasteiger partial charge in [-0.1, -0.05) is 27.5 Å². The molecule has 0 saturated carbocycles. The molecule has 6 heteroatoms. The van der Waals surface area contributed by atoms with Crippen molar-refractivity contribution in [2.45, 2.75) is 6.10 Å². The van der Waals surface area contributed by atoms with Gasteiger partial charge in [0.25, 0.3) is 0 Å². The minimum atomic E-state index is -1.52. The van der Waals surface area contributed by atoms with Crippen molar-refractivity contribution in [3.8, 4) is 5.75 Å². The molecule has 0 fully saturated rings. The number of benzene rings is 2. The minimum Gasteiger partial charge on any atom is -0.496 e. The highest BCUT2D eigenvalue weighted by Gasteiger charge is 2.23. The van der Waals surface area contributed by atoms with Crippen molar-refractivity contribution < 1.29 is 18.6 Å². The smallest absolute Gasteiger partial charge is 0.133 e. The Morgan fingerprint density at radius 1 is 1.20 bits per heavy atom. The van der Waals surface area contributed by atoms with Crippen molar-refractivity contribution >= 4 is 27.5 Å². The van der Waals surface area contributed by atoms with Gasteiger partial charge in [-0.3, -0.25) is 0 Å². The highest BCUT2D eigenvalue weighted by atomic mass is 79.9. The molecule has 1 N–H and O–H groups in total. The summed E-state index contributed by atoms with van der Waals surface area (Å²) >= 11 is 8.83. The zero-order chi connectivity index (χ0) is 14.9. The molecule has 0 radical (unpaired) electrons. The van der Waals surface area contributed by atoms with Crippen LogP contribution in [0.5, 0.6) is 5.75 Å². The second kappa shape index (κ2) is 6.08. The van der Waals surface area contributed by atoms with E-state index < -0.39 is 23.3 Å². The summed E-state index contributed by atoms with van der Waals surface area (Å²) in [5, 5.41) is 10.6. The lowest BCUT2D eigenvalue weighted by molar-refractivity contribution is 0.204. The largest absolute Gasteiger partial charge is 0.496 e. The maximum atomic E-state index is 13.9. The summed E-state index contributed by atoms with van der Waals surface area (Å²) in [6.07, 6.45) is -1.52. The van der Waals surface area contributed by atoms with Gasteiger partial charge in [0.1, 0.15) is 23.5 Å². The fourth-order valence-corrected chi connectivity index (χ4v) is 2.47. The maximum absolute atomic E-state index is 13.9. The van der Waals surface area contributed by atoms with Crippen molar-refractivity contribution in [3.05, 3.63) is 62.6 Å². The highest BCUT2D eigenvalue weighted by Crippen LogP contribution is 2.35. The Morgan fingerprint density at radius 3 is 2.35 bits per heavy atom. The Morgan fingerprint density at radius 2 is 1.80 bits per heavy atom. The Labute approximate surface area is 128 Å². The first-order valence-corrected chi connectivity index (χ1v) is 6.77. The molecule has 0 aromatic heterocycles. The molecule has 0 heterocycles. The second-order valence-corrected chi connectivity index (χ2v) is 5.42. The number of halogens is 4. The molecule has 2 nitrogen and oxygen atoms in total. The molecule has 0 amide bonds. The van der Waals surface area contributed by atoms with Crippen LogP contribution in [0.3, 0.4) is 0 Å². The van der Waals surface area contributed by atoms with E-state index in [1.807, 2.05) is 0 Å². The molecule has 0 aliphatic rings. The standard InChI is InChI=1S/C14H10BrClF2O2/c1-20-12-3-2-8(16)6-9(12)14(19)13-10(17)4-7(15)5-11(13)18/h2-6,14,19H,1H3. The molecule has 106 valence electrons. The Kier molecular flexibility index (Phi) is 4.62. The Hall–Kier alpha value is -1.17. The SMILES string of the molecule is COc1ccc(Cl)cc1C(O)c1c(F)cc(Br)cc1F. The number of aliphatic hydroxyl groups excluding tert-OH is 1. The van der Waals surface area contributed by atoms with Gasteiger partial charge in [0.15, 0.2) is 0 Å². The quantitative estimate of drug-likeness (QED) is 0.872. The average molecular weight is 364 g/mol. The molecule has 0 spiro atoms. The van der Waals surface area contributed by atoms with E-state index in [9.17, 15) is 13.9 Å². The lowest BCUT2D eigenvalue weighted by atomic mass is 9.99. The first kappa shape index (κ1) is 15.2. The molecule has 2 rings (SSSR count). The van der Waals surface area contributed by atoms with Gasteiger partial charge in [-0.05, 0) is 30.3 Å². The van der Waals surface area contributed by atoms with Crippen molar-refractivity contribution in [3.63, 3.8) is 0 Å². The molecule has 0 saturated heterocycles. The predicted octanol–water partition coefficient (Wildman–Crippen LogP) is 4.47. The third-order valence-electron chi connectivity index (χ3n) is 2.80. The number of hydrogen-bond donors (Lipinski definition) is 1. The van der Waals surface area contributed by atoms with Crippen molar-refractivity contribution in [1.29, 1.82) is 0 Å². The van der Waals surface area contributed by atoms with Crippen LogP contribution in [0, 0.1) is 11.6 Å². The topological polar surface area (TPSA) is 29.5 Å². The molecule has 2 aromatic rings. The van der Waals surface area contributed by atoms with Gasteiger partial charge in [0.05, 0.1) is 12.7 Å². The number of rotatable bonds is 3. The lowest BCUT2D eigenvalue weighted by Crippen LogP contribution is -2.07. The van der Waals surface area contributed by atoms with Crippen LogP contribution >= 0.6 is 27.5 Å². The lowest BCUT2D eigenvalue weighted by Gasteiger charge is -2.17. The number of methoxy groups -OCH3 is 1. The minimum absolute atomic E-state index is 0.195. The summed E-state index contributed by atoms with van der Waals surface area (Å²) in [5.74, 6) is -1.42. The van der Waals surface area contributed by atoms with Gasteiger partial charge in [0.2, 0.25) is 0 Å². The van der Waals surface area contributed by atoms with E-state index in [4.69, 9.17) is 16.3 Å². The third-order valence-corrected chi connectivity index (χ3v) is 3.50. The van der Waals surface area contributed by atoms with Gasteiger partial charge in [-0.15, -0.1) is 0 Å². The van der Waals surface area contributed by atoms with Crippen LogP contribution in [0.15, 0.2) is 34.8 Å². The molecule has 1 unspecified atom stereocenters. The summed E-state index contributed by atoms with van der Waals surface area (Å²) in [5.41, 5.74) is -0.256. The summed E-state index contributed by atoms with van der Waals surface area (Å²) in [6.45, 7) is 0. The van der Waals surface area contributed by atoms with Gasteiger partial charge >= 0.3 is 0 Å². The van der Waals surface area contributed by atoms with Crippen molar-refractivity contribution in [2.75, 3.05) is 7.11 Å². The average Bonchev–Trinajstić information content (AvgIpc) is 2.37. The van der Waals surface area contributed by atoms with Crippen molar-refractivity contribution in [1.82, 2.24) is 0 Å². The molecule has 1 atom stereocenters. The van der Waals surface area contributed by atoms with Gasteiger partial charge < -0.3 is 9.84 Å². The summed E-state index contributed by atoms with van der Waals surface area (Å²) < 4.78 is 33.1. The van der Waals surface area contributed by atoms with Crippen LogP contribution in [0.2, 0.25) is 5.02 Å². The van der Waals surface area contributed by atoms with Gasteiger partial charge in [-0.25, -0.2) is 8.78 Å². The molecule has 20 heavy (non-hydrogen) atoms. The van der Waals surface area contributed by atoms with Crippen LogP contribution in [-0.2, 0) is 0 Å². The predicted molar refractivity (Wildman–Crippen MR) is 76.1 cm³/mol. The summed E-state index contributed by atoms with van der Waals surface area (Å²) in [6, 6.07) is 6.66. The van der Waals surface area contributed by atoms with Crippen LogP contribution in [0.4, 0.5) is 8.78 Å². The van der Waals surface area contributed by atoms with Crippen LogP contribution < -0.4 is 4.74 Å². The van der Waals surface area contributed by atoms with E-state index in [2.05, 4.69) is 15.9 Å². The normalized spacial score (nSPS) is 12.3. The van der Waals surface area contributed by atoms with Crippen molar-refractivity contribution in [2.24, 2.45) is 0 Å². The van der Waals surface area contributed by atoms with Crippen LogP contribution in [-0.4, -0.2) is 12.2 Å². The van der Waals surface area contributed by atoms with E-state index in [0.717, 1.165) is 12.1 Å². The number of hydrogen-bond acceptors (Lipinski definition) is 2. The van der Waals surface area contributed by atoms with Crippen LogP contribution in [0.25, 0.3) is 0 Å². The number of aliphatic hydroxyl groups is 1. The summed E-state index contributed by atoms with van der Waals surface area (Å²) in [4.78, 5) is 0. The molecular formula is C14H10BrClF2O2. The fourth-order valence-electron chi connectivity index (χ4n) is 1.89. The number of ether oxygens (including phenoxy) is 1. The van der Waals surface area contributed by atoms with Gasteiger partial charge in [-0.2, -0.15) is 0 Å². The van der Waals surface area contributed by atoms with E-state index >= 15 is 0 Å². The molecule has 0 aliphatic heterocycles.